The molecule has 9 heteroatoms. The molecule has 5 rings (SSSR count). The van der Waals surface area contributed by atoms with E-state index < -0.39 is 11.9 Å². The summed E-state index contributed by atoms with van der Waals surface area (Å²) in [5.74, 6) is 0.904. The highest BCUT2D eigenvalue weighted by atomic mass is 19.4. The highest BCUT2D eigenvalue weighted by Gasteiger charge is 2.49. The molecular weight excluding hydrogens is 505 g/mol. The van der Waals surface area contributed by atoms with Gasteiger partial charge in [-0.15, -0.1) is 0 Å². The van der Waals surface area contributed by atoms with Crippen LogP contribution >= 0.6 is 0 Å². The van der Waals surface area contributed by atoms with Gasteiger partial charge in [0.05, 0.1) is 30.8 Å². The number of alkyl halides is 3. The first-order chi connectivity index (χ1) is 18.7. The van der Waals surface area contributed by atoms with Gasteiger partial charge < -0.3 is 14.4 Å². The van der Waals surface area contributed by atoms with Crippen LogP contribution in [0.4, 0.5) is 18.9 Å². The number of rotatable bonds is 6. The van der Waals surface area contributed by atoms with Crippen LogP contribution < -0.4 is 14.4 Å². The monoisotopic (exact) mass is 540 g/mol. The molecule has 0 radical (unpaired) electrons. The van der Waals surface area contributed by atoms with Crippen LogP contribution in [0.5, 0.6) is 11.6 Å². The average Bonchev–Trinajstić information content (AvgIpc) is 2.92. The number of methoxy groups -OCH3 is 1. The molecule has 6 nitrogen and oxygen atoms in total. The topological polar surface area (TPSA) is 50.7 Å². The van der Waals surface area contributed by atoms with Crippen LogP contribution in [-0.2, 0) is 18.1 Å². The van der Waals surface area contributed by atoms with E-state index in [0.29, 0.717) is 19.7 Å². The predicted octanol–water partition coefficient (Wildman–Crippen LogP) is 6.19. The first kappa shape index (κ1) is 27.2. The summed E-state index contributed by atoms with van der Waals surface area (Å²) in [4.78, 5) is 13.1. The number of ether oxygens (including phenoxy) is 2. The zero-order valence-electron chi connectivity index (χ0n) is 22.9. The van der Waals surface area contributed by atoms with Gasteiger partial charge in [0.1, 0.15) is 5.75 Å². The third-order valence-corrected chi connectivity index (χ3v) is 8.15. The molecule has 0 aliphatic carbocycles. The van der Waals surface area contributed by atoms with Gasteiger partial charge in [0.25, 0.3) is 0 Å². The number of benzene rings is 1. The van der Waals surface area contributed by atoms with Gasteiger partial charge in [-0.3, -0.25) is 9.88 Å². The Kier molecular flexibility index (Phi) is 7.46. The summed E-state index contributed by atoms with van der Waals surface area (Å²) < 4.78 is 52.8. The average molecular weight is 541 g/mol. The lowest BCUT2D eigenvalue weighted by atomic mass is 9.62. The molecule has 39 heavy (non-hydrogen) atoms. The Balaban J connectivity index is 1.51. The number of hydrogen-bond acceptors (Lipinski definition) is 6. The van der Waals surface area contributed by atoms with Crippen molar-refractivity contribution in [3.63, 3.8) is 0 Å². The quantitative estimate of drug-likeness (QED) is 0.372. The molecule has 2 unspecified atom stereocenters. The van der Waals surface area contributed by atoms with Gasteiger partial charge in [-0.2, -0.15) is 13.2 Å². The Morgan fingerprint density at radius 2 is 1.85 bits per heavy atom. The van der Waals surface area contributed by atoms with Crippen LogP contribution in [0, 0.1) is 5.92 Å². The van der Waals surface area contributed by atoms with Gasteiger partial charge in [0.15, 0.2) is 5.69 Å². The van der Waals surface area contributed by atoms with Gasteiger partial charge in [-0.1, -0.05) is 31.5 Å². The molecule has 4 heterocycles. The van der Waals surface area contributed by atoms with Crippen molar-refractivity contribution >= 4 is 5.69 Å². The van der Waals surface area contributed by atoms with Crippen molar-refractivity contribution in [1.82, 2.24) is 14.9 Å². The summed E-state index contributed by atoms with van der Waals surface area (Å²) in [5, 5.41) is 0. The molecule has 1 aromatic carbocycles. The molecule has 2 aliphatic rings. The van der Waals surface area contributed by atoms with E-state index in [4.69, 9.17) is 14.5 Å². The number of piperidine rings is 1. The van der Waals surface area contributed by atoms with E-state index in [2.05, 4.69) is 36.0 Å². The van der Waals surface area contributed by atoms with Crippen molar-refractivity contribution in [2.75, 3.05) is 45.3 Å². The molecule has 1 spiro atoms. The maximum atomic E-state index is 14.0. The van der Waals surface area contributed by atoms with E-state index >= 15 is 0 Å². The second-order valence-corrected chi connectivity index (χ2v) is 10.5. The molecule has 0 bridgehead atoms. The molecule has 0 N–H and O–H groups in total. The van der Waals surface area contributed by atoms with E-state index in [-0.39, 0.29) is 22.9 Å². The van der Waals surface area contributed by atoms with Crippen LogP contribution in [0.3, 0.4) is 0 Å². The summed E-state index contributed by atoms with van der Waals surface area (Å²) in [6, 6.07) is 15.2. The number of likely N-dealkylation sites (N-methyl/N-ethyl adjacent to an activating group) is 1. The zero-order valence-corrected chi connectivity index (χ0v) is 22.9. The lowest BCUT2D eigenvalue weighted by Gasteiger charge is -2.53. The standard InChI is InChI=1S/C30H35F3N4O2/c1-5-20-17-37(25-13-14-27(38-4)35-28(25)30(31,32)33)16-15-29(20)19-36(3)18-24-22(29)11-12-23(34-24)21-9-7-8-10-26(21)39-6-2/h7-14,20H,5-6,15-19H2,1-4H3. The second kappa shape index (κ2) is 10.7. The number of nitrogens with zero attached hydrogens (tertiary/aromatic N) is 4. The number of aromatic nitrogens is 2. The first-order valence-corrected chi connectivity index (χ1v) is 13.5. The lowest BCUT2D eigenvalue weighted by molar-refractivity contribution is -0.140. The highest BCUT2D eigenvalue weighted by Crippen LogP contribution is 2.48. The highest BCUT2D eigenvalue weighted by molar-refractivity contribution is 5.68. The molecule has 1 saturated heterocycles. The molecule has 2 aliphatic heterocycles. The minimum Gasteiger partial charge on any atom is -0.493 e. The maximum absolute atomic E-state index is 14.0. The second-order valence-electron chi connectivity index (χ2n) is 10.5. The number of halogens is 3. The smallest absolute Gasteiger partial charge is 0.435 e. The van der Waals surface area contributed by atoms with E-state index in [9.17, 15) is 13.2 Å². The summed E-state index contributed by atoms with van der Waals surface area (Å²) in [7, 11) is 3.42. The fourth-order valence-corrected chi connectivity index (χ4v) is 6.45. The molecule has 0 saturated carbocycles. The molecule has 208 valence electrons. The first-order valence-electron chi connectivity index (χ1n) is 13.5. The van der Waals surface area contributed by atoms with E-state index in [1.165, 1.54) is 24.8 Å². The Morgan fingerprint density at radius 1 is 1.05 bits per heavy atom. The fraction of sp³-hybridized carbons (Fsp3) is 0.467. The third-order valence-electron chi connectivity index (χ3n) is 8.15. The van der Waals surface area contributed by atoms with Gasteiger partial charge >= 0.3 is 6.18 Å². The van der Waals surface area contributed by atoms with Crippen molar-refractivity contribution in [3.8, 4) is 22.9 Å². The summed E-state index contributed by atoms with van der Waals surface area (Å²) in [6.07, 6.45) is -3.01. The number of para-hydroxylation sites is 1. The summed E-state index contributed by atoms with van der Waals surface area (Å²) in [5.41, 5.74) is 3.09. The van der Waals surface area contributed by atoms with E-state index in [1.54, 1.807) is 0 Å². The summed E-state index contributed by atoms with van der Waals surface area (Å²) >= 11 is 0. The van der Waals surface area contributed by atoms with Crippen LogP contribution in [0.1, 0.15) is 43.6 Å². The number of fused-ring (bicyclic) bond motifs is 2. The third kappa shape index (κ3) is 5.04. The van der Waals surface area contributed by atoms with E-state index in [1.807, 2.05) is 36.1 Å². The van der Waals surface area contributed by atoms with E-state index in [0.717, 1.165) is 48.6 Å². The van der Waals surface area contributed by atoms with Crippen LogP contribution in [0.15, 0.2) is 48.5 Å². The SMILES string of the molecule is CCOc1ccccc1-c1ccc2c(n1)CN(C)CC21CCN(c2ccc(OC)nc2C(F)(F)F)CC1CC. The largest absolute Gasteiger partial charge is 0.493 e. The summed E-state index contributed by atoms with van der Waals surface area (Å²) in [6.45, 7) is 7.24. The maximum Gasteiger partial charge on any atom is 0.435 e. The fourth-order valence-electron chi connectivity index (χ4n) is 6.45. The molecule has 0 amide bonds. The number of pyridine rings is 2. The zero-order chi connectivity index (χ0) is 27.8. The minimum absolute atomic E-state index is 0.0396. The van der Waals surface area contributed by atoms with Gasteiger partial charge in [0.2, 0.25) is 5.88 Å². The molecule has 2 atom stereocenters. The predicted molar refractivity (Wildman–Crippen MR) is 145 cm³/mol. The number of anilines is 1. The molecule has 1 fully saturated rings. The normalized spacial score (nSPS) is 21.6. The van der Waals surface area contributed by atoms with Gasteiger partial charge in [-0.25, -0.2) is 4.98 Å². The van der Waals surface area contributed by atoms with Gasteiger partial charge in [-0.05, 0) is 56.1 Å². The van der Waals surface area contributed by atoms with Crippen molar-refractivity contribution in [2.24, 2.45) is 5.92 Å². The Morgan fingerprint density at radius 3 is 2.56 bits per heavy atom. The van der Waals surface area contributed by atoms with Crippen molar-refractivity contribution in [3.05, 3.63) is 65.5 Å². The minimum atomic E-state index is -4.57. The lowest BCUT2D eigenvalue weighted by Crippen LogP contribution is -2.57. The van der Waals surface area contributed by atoms with Crippen LogP contribution in [-0.4, -0.2) is 55.3 Å². The molecule has 2 aromatic heterocycles. The molecule has 3 aromatic rings. The van der Waals surface area contributed by atoms with Crippen molar-refractivity contribution in [2.45, 2.75) is 44.8 Å². The Hall–Kier alpha value is -3.33. The Labute approximate surface area is 227 Å². The van der Waals surface area contributed by atoms with Crippen LogP contribution in [0.2, 0.25) is 0 Å². The van der Waals surface area contributed by atoms with Gasteiger partial charge in [0, 0.05) is 43.2 Å². The van der Waals surface area contributed by atoms with Crippen molar-refractivity contribution < 1.29 is 22.6 Å². The number of hydrogen-bond donors (Lipinski definition) is 0. The van der Waals surface area contributed by atoms with Crippen molar-refractivity contribution in [1.29, 1.82) is 0 Å². The Bertz CT molecular complexity index is 1330. The van der Waals surface area contributed by atoms with Crippen LogP contribution in [0.25, 0.3) is 11.3 Å². The molecular formula is C30H35F3N4O2.